The van der Waals surface area contributed by atoms with Crippen molar-refractivity contribution in [2.75, 3.05) is 4.90 Å². The van der Waals surface area contributed by atoms with Gasteiger partial charge in [-0.15, -0.1) is 0 Å². The summed E-state index contributed by atoms with van der Waals surface area (Å²) in [4.78, 5) is 2.45. The van der Waals surface area contributed by atoms with E-state index in [1.165, 1.54) is 92.7 Å². The predicted molar refractivity (Wildman–Crippen MR) is 230 cm³/mol. The van der Waals surface area contributed by atoms with E-state index in [1.54, 1.807) is 11.1 Å². The molecule has 0 heterocycles. The maximum atomic E-state index is 2.61. The monoisotopic (exact) mass is 705 g/mol. The first-order chi connectivity index (χ1) is 27.2. The van der Waals surface area contributed by atoms with Crippen molar-refractivity contribution in [1.29, 1.82) is 0 Å². The second-order valence-corrected chi connectivity index (χ2v) is 16.9. The lowest BCUT2D eigenvalue weighted by molar-refractivity contribution is -0.0399. The molecule has 5 aliphatic rings. The fourth-order valence-electron chi connectivity index (χ4n) is 12.2. The molecule has 1 nitrogen and oxygen atoms in total. The highest BCUT2D eigenvalue weighted by molar-refractivity contribution is 6.08. The summed E-state index contributed by atoms with van der Waals surface area (Å²) < 4.78 is 0. The molecule has 5 aliphatic carbocycles. The highest BCUT2D eigenvalue weighted by Crippen LogP contribution is 2.69. The molecular formula is C54H43N. The van der Waals surface area contributed by atoms with Crippen molar-refractivity contribution in [2.45, 2.75) is 37.5 Å². The molecule has 1 heteroatoms. The lowest BCUT2D eigenvalue weighted by Crippen LogP contribution is -2.55. The Morgan fingerprint density at radius 3 is 1.82 bits per heavy atom. The van der Waals surface area contributed by atoms with Crippen LogP contribution < -0.4 is 4.90 Å². The molecule has 0 aliphatic heterocycles. The summed E-state index contributed by atoms with van der Waals surface area (Å²) in [5.41, 5.74) is 14.9. The zero-order chi connectivity index (χ0) is 36.1. The quantitative estimate of drug-likeness (QED) is 0.161. The number of benzene rings is 8. The van der Waals surface area contributed by atoms with Gasteiger partial charge in [-0.05, 0) is 153 Å². The molecule has 8 aromatic carbocycles. The number of rotatable bonds is 5. The van der Waals surface area contributed by atoms with E-state index in [1.807, 2.05) is 0 Å². The van der Waals surface area contributed by atoms with Crippen LogP contribution in [0.4, 0.5) is 17.1 Å². The molecule has 0 N–H and O–H groups in total. The number of para-hydroxylation sites is 1. The third-order valence-corrected chi connectivity index (χ3v) is 14.2. The molecule has 264 valence electrons. The standard InChI is InChI=1S/C54H43N/c1-2-10-38(11-3-1)48-14-7-9-17-53(48)55(45-25-27-47-41(33-45)19-18-39-12-4-5-13-46(39)47)44-23-20-37(21-24-44)40-22-26-50-49-15-6-8-16-51(49)54(52(50)34-40)42-29-35-28-36(31-42)32-43(54)30-35/h1-27,33-36,42-43H,28-32H2. The Balaban J connectivity index is 0.984. The highest BCUT2D eigenvalue weighted by atomic mass is 15.1. The third kappa shape index (κ3) is 4.66. The van der Waals surface area contributed by atoms with Gasteiger partial charge in [0.15, 0.2) is 0 Å². The average molecular weight is 706 g/mol. The number of hydrogen-bond acceptors (Lipinski definition) is 1. The van der Waals surface area contributed by atoms with Gasteiger partial charge in [0.05, 0.1) is 5.69 Å². The largest absolute Gasteiger partial charge is 0.310 e. The molecule has 4 fully saturated rings. The average Bonchev–Trinajstić information content (AvgIpc) is 3.53. The number of anilines is 3. The van der Waals surface area contributed by atoms with Crippen LogP contribution >= 0.6 is 0 Å². The Kier molecular flexibility index (Phi) is 6.88. The zero-order valence-corrected chi connectivity index (χ0v) is 31.0. The number of nitrogens with zero attached hydrogens (tertiary/aromatic N) is 1. The van der Waals surface area contributed by atoms with Gasteiger partial charge >= 0.3 is 0 Å². The molecule has 4 bridgehead atoms. The van der Waals surface area contributed by atoms with E-state index < -0.39 is 0 Å². The van der Waals surface area contributed by atoms with Crippen molar-refractivity contribution in [1.82, 2.24) is 0 Å². The predicted octanol–water partition coefficient (Wildman–Crippen LogP) is 14.5. The minimum Gasteiger partial charge on any atom is -0.310 e. The van der Waals surface area contributed by atoms with Crippen molar-refractivity contribution in [3.8, 4) is 33.4 Å². The minimum atomic E-state index is 0.175. The molecule has 0 amide bonds. The number of hydrogen-bond donors (Lipinski definition) is 0. The van der Waals surface area contributed by atoms with E-state index >= 15 is 0 Å². The van der Waals surface area contributed by atoms with Crippen molar-refractivity contribution < 1.29 is 0 Å². The van der Waals surface area contributed by atoms with E-state index in [0.29, 0.717) is 0 Å². The summed E-state index contributed by atoms with van der Waals surface area (Å²) in [5.74, 6) is 3.41. The van der Waals surface area contributed by atoms with Crippen LogP contribution in [-0.4, -0.2) is 0 Å². The van der Waals surface area contributed by atoms with Crippen molar-refractivity contribution >= 4 is 38.6 Å². The van der Waals surface area contributed by atoms with E-state index in [-0.39, 0.29) is 5.41 Å². The molecule has 8 aromatic rings. The van der Waals surface area contributed by atoms with Crippen LogP contribution in [0, 0.1) is 23.7 Å². The van der Waals surface area contributed by atoms with Gasteiger partial charge in [-0.2, -0.15) is 0 Å². The minimum absolute atomic E-state index is 0.175. The molecule has 55 heavy (non-hydrogen) atoms. The fourth-order valence-corrected chi connectivity index (χ4v) is 12.2. The molecule has 0 radical (unpaired) electrons. The molecule has 0 atom stereocenters. The first-order valence-electron chi connectivity index (χ1n) is 20.4. The van der Waals surface area contributed by atoms with Crippen LogP contribution in [0.5, 0.6) is 0 Å². The van der Waals surface area contributed by atoms with E-state index in [4.69, 9.17) is 0 Å². The Morgan fingerprint density at radius 2 is 1.00 bits per heavy atom. The van der Waals surface area contributed by atoms with Gasteiger partial charge in [0.1, 0.15) is 0 Å². The third-order valence-electron chi connectivity index (χ3n) is 14.2. The fraction of sp³-hybridized carbons (Fsp3) is 0.185. The van der Waals surface area contributed by atoms with Gasteiger partial charge in [0, 0.05) is 22.4 Å². The second-order valence-electron chi connectivity index (χ2n) is 16.9. The first-order valence-corrected chi connectivity index (χ1v) is 20.4. The zero-order valence-electron chi connectivity index (χ0n) is 31.0. The second kappa shape index (κ2) is 12.0. The van der Waals surface area contributed by atoms with E-state index in [9.17, 15) is 0 Å². The molecule has 13 rings (SSSR count). The van der Waals surface area contributed by atoms with Gasteiger partial charge < -0.3 is 4.90 Å². The smallest absolute Gasteiger partial charge is 0.0540 e. The Morgan fingerprint density at radius 1 is 0.382 bits per heavy atom. The van der Waals surface area contributed by atoms with Gasteiger partial charge in [0.2, 0.25) is 0 Å². The molecule has 0 saturated heterocycles. The van der Waals surface area contributed by atoms with E-state index in [0.717, 1.165) is 35.0 Å². The van der Waals surface area contributed by atoms with Gasteiger partial charge in [-0.1, -0.05) is 140 Å². The molecular weight excluding hydrogens is 663 g/mol. The Labute approximate surface area is 323 Å². The van der Waals surface area contributed by atoms with Crippen molar-refractivity contribution in [3.63, 3.8) is 0 Å². The lowest BCUT2D eigenvalue weighted by Gasteiger charge is -2.61. The van der Waals surface area contributed by atoms with Crippen molar-refractivity contribution in [3.05, 3.63) is 187 Å². The van der Waals surface area contributed by atoms with Gasteiger partial charge in [-0.3, -0.25) is 0 Å². The maximum absolute atomic E-state index is 2.61. The Bertz CT molecular complexity index is 2750. The first kappa shape index (κ1) is 31.4. The molecule has 1 spiro atoms. The van der Waals surface area contributed by atoms with Crippen LogP contribution in [0.1, 0.15) is 43.2 Å². The summed E-state index contributed by atoms with van der Waals surface area (Å²) in [6.07, 6.45) is 7.11. The van der Waals surface area contributed by atoms with E-state index in [2.05, 4.69) is 181 Å². The topological polar surface area (TPSA) is 3.24 Å². The highest BCUT2D eigenvalue weighted by Gasteiger charge is 2.61. The van der Waals surface area contributed by atoms with Crippen LogP contribution in [-0.2, 0) is 5.41 Å². The van der Waals surface area contributed by atoms with Crippen LogP contribution in [0.3, 0.4) is 0 Å². The summed E-state index contributed by atoms with van der Waals surface area (Å²) in [7, 11) is 0. The van der Waals surface area contributed by atoms with Crippen LogP contribution in [0.15, 0.2) is 176 Å². The van der Waals surface area contributed by atoms with Crippen LogP contribution in [0.25, 0.3) is 54.9 Å². The SMILES string of the molecule is c1ccc(-c2ccccc2N(c2ccc(-c3ccc4c(c3)C3(c5ccccc5-4)C4CC5CC(C4)CC3C5)cc2)c2ccc3c(ccc4ccccc43)c2)cc1. The van der Waals surface area contributed by atoms with Crippen molar-refractivity contribution in [2.24, 2.45) is 23.7 Å². The number of fused-ring (bicyclic) bond motifs is 6. The summed E-state index contributed by atoms with van der Waals surface area (Å²) in [6.45, 7) is 0. The Hall–Kier alpha value is -5.92. The summed E-state index contributed by atoms with van der Waals surface area (Å²) in [5, 5.41) is 5.09. The maximum Gasteiger partial charge on any atom is 0.0540 e. The molecule has 0 aromatic heterocycles. The molecule has 0 unspecified atom stereocenters. The summed E-state index contributed by atoms with van der Waals surface area (Å²) >= 11 is 0. The lowest BCUT2D eigenvalue weighted by atomic mass is 9.43. The van der Waals surface area contributed by atoms with Gasteiger partial charge in [0.25, 0.3) is 0 Å². The van der Waals surface area contributed by atoms with Gasteiger partial charge in [-0.25, -0.2) is 0 Å². The van der Waals surface area contributed by atoms with Crippen LogP contribution in [0.2, 0.25) is 0 Å². The molecule has 4 saturated carbocycles. The normalized spacial score (nSPS) is 23.0. The summed E-state index contributed by atoms with van der Waals surface area (Å²) in [6, 6.07) is 66.1.